The lowest BCUT2D eigenvalue weighted by atomic mass is 10.1. The highest BCUT2D eigenvalue weighted by atomic mass is 16.5. The van der Waals surface area contributed by atoms with Gasteiger partial charge in [0.1, 0.15) is 0 Å². The van der Waals surface area contributed by atoms with Gasteiger partial charge in [-0.25, -0.2) is 0 Å². The average molecular weight is 187 g/mol. The van der Waals surface area contributed by atoms with Crippen molar-refractivity contribution in [1.82, 2.24) is 0 Å². The molecular weight excluding hydrogens is 166 g/mol. The molecule has 0 amide bonds. The van der Waals surface area contributed by atoms with Crippen LogP contribution in [0.4, 0.5) is 0 Å². The van der Waals surface area contributed by atoms with Crippen molar-refractivity contribution in [3.63, 3.8) is 0 Å². The molecule has 13 heavy (non-hydrogen) atoms. The first-order valence-electron chi connectivity index (χ1n) is 4.75. The molecule has 0 aliphatic rings. The number of aliphatic imine (C=N–C) groups is 1. The number of hydrogen-bond acceptors (Lipinski definition) is 2. The van der Waals surface area contributed by atoms with Crippen molar-refractivity contribution in [3.05, 3.63) is 0 Å². The van der Waals surface area contributed by atoms with Crippen LogP contribution in [-0.2, 0) is 4.74 Å². The fourth-order valence-corrected chi connectivity index (χ4v) is 1.05. The third-order valence-corrected chi connectivity index (χ3v) is 1.97. The minimum Gasteiger partial charge on any atom is -0.382 e. The summed E-state index contributed by atoms with van der Waals surface area (Å²) in [6.45, 7) is 2.82. The number of unbranched alkanes of at least 4 members (excludes halogenated alkanes) is 2. The molecule has 0 fully saturated rings. The summed E-state index contributed by atoms with van der Waals surface area (Å²) >= 11 is 0. The van der Waals surface area contributed by atoms with E-state index in [2.05, 4.69) is 11.9 Å². The number of nitrogens with two attached hydrogens (primary N) is 2. The van der Waals surface area contributed by atoms with Crippen LogP contribution in [-0.4, -0.2) is 25.7 Å². The maximum atomic E-state index is 5.18. The Hall–Kier alpha value is -0.770. The third kappa shape index (κ3) is 9.14. The van der Waals surface area contributed by atoms with E-state index in [0.29, 0.717) is 6.10 Å². The summed E-state index contributed by atoms with van der Waals surface area (Å²) in [7, 11) is 1.74. The molecule has 0 saturated carbocycles. The van der Waals surface area contributed by atoms with E-state index in [4.69, 9.17) is 16.2 Å². The standard InChI is InChI=1S/C9H21N3O/c1-8(13-2)6-4-3-5-7-12-9(10)11/h8H,3-7H2,1-2H3,(H4,10,11,12). The lowest BCUT2D eigenvalue weighted by Crippen LogP contribution is -2.22. The second kappa shape index (κ2) is 7.86. The van der Waals surface area contributed by atoms with Crippen LogP contribution in [0.5, 0.6) is 0 Å². The van der Waals surface area contributed by atoms with Gasteiger partial charge in [0.05, 0.1) is 6.10 Å². The summed E-state index contributed by atoms with van der Waals surface area (Å²) in [5.41, 5.74) is 10.4. The van der Waals surface area contributed by atoms with E-state index in [1.807, 2.05) is 0 Å². The number of ether oxygens (including phenoxy) is 1. The van der Waals surface area contributed by atoms with E-state index in [-0.39, 0.29) is 5.96 Å². The molecule has 1 unspecified atom stereocenters. The number of methoxy groups -OCH3 is 1. The SMILES string of the molecule is COC(C)CCCCCN=C(N)N. The molecular formula is C9H21N3O. The second-order valence-corrected chi connectivity index (χ2v) is 3.20. The van der Waals surface area contributed by atoms with Crippen LogP contribution in [0.25, 0.3) is 0 Å². The minimum atomic E-state index is 0.185. The predicted molar refractivity (Wildman–Crippen MR) is 55.6 cm³/mol. The molecule has 0 aliphatic heterocycles. The summed E-state index contributed by atoms with van der Waals surface area (Å²) in [6, 6.07) is 0. The van der Waals surface area contributed by atoms with E-state index in [1.54, 1.807) is 7.11 Å². The van der Waals surface area contributed by atoms with Gasteiger partial charge in [0.15, 0.2) is 5.96 Å². The van der Waals surface area contributed by atoms with E-state index >= 15 is 0 Å². The van der Waals surface area contributed by atoms with E-state index in [9.17, 15) is 0 Å². The van der Waals surface area contributed by atoms with Gasteiger partial charge in [0, 0.05) is 13.7 Å². The van der Waals surface area contributed by atoms with Crippen LogP contribution in [0.15, 0.2) is 4.99 Å². The van der Waals surface area contributed by atoms with Crippen molar-refractivity contribution in [1.29, 1.82) is 0 Å². The van der Waals surface area contributed by atoms with Gasteiger partial charge in [0.2, 0.25) is 0 Å². The summed E-state index contributed by atoms with van der Waals surface area (Å²) in [5, 5.41) is 0. The Labute approximate surface area is 80.3 Å². The smallest absolute Gasteiger partial charge is 0.185 e. The molecule has 0 aromatic carbocycles. The van der Waals surface area contributed by atoms with Crippen molar-refractivity contribution in [2.45, 2.75) is 38.7 Å². The van der Waals surface area contributed by atoms with Crippen molar-refractivity contribution < 1.29 is 4.74 Å². The molecule has 0 aromatic heterocycles. The fourth-order valence-electron chi connectivity index (χ4n) is 1.05. The van der Waals surface area contributed by atoms with Crippen LogP contribution >= 0.6 is 0 Å². The molecule has 4 N–H and O–H groups in total. The molecule has 4 heteroatoms. The summed E-state index contributed by atoms with van der Waals surface area (Å²) in [4.78, 5) is 3.90. The Bertz CT molecular complexity index is 144. The Morgan fingerprint density at radius 2 is 2.00 bits per heavy atom. The van der Waals surface area contributed by atoms with Gasteiger partial charge in [-0.15, -0.1) is 0 Å². The molecule has 0 heterocycles. The zero-order chi connectivity index (χ0) is 10.1. The Morgan fingerprint density at radius 1 is 1.31 bits per heavy atom. The number of hydrogen-bond donors (Lipinski definition) is 2. The zero-order valence-corrected chi connectivity index (χ0v) is 8.62. The molecule has 0 radical (unpaired) electrons. The van der Waals surface area contributed by atoms with Crippen LogP contribution in [0.3, 0.4) is 0 Å². The Morgan fingerprint density at radius 3 is 2.54 bits per heavy atom. The molecule has 0 aliphatic carbocycles. The highest BCUT2D eigenvalue weighted by molar-refractivity contribution is 5.75. The maximum Gasteiger partial charge on any atom is 0.185 e. The lowest BCUT2D eigenvalue weighted by molar-refractivity contribution is 0.108. The van der Waals surface area contributed by atoms with Crippen LogP contribution in [0.2, 0.25) is 0 Å². The normalized spacial score (nSPS) is 12.5. The fraction of sp³-hybridized carbons (Fsp3) is 0.889. The zero-order valence-electron chi connectivity index (χ0n) is 8.62. The second-order valence-electron chi connectivity index (χ2n) is 3.20. The summed E-state index contributed by atoms with van der Waals surface area (Å²) < 4.78 is 5.13. The number of rotatable bonds is 7. The van der Waals surface area contributed by atoms with E-state index < -0.39 is 0 Å². The van der Waals surface area contributed by atoms with Crippen molar-refractivity contribution >= 4 is 5.96 Å². The van der Waals surface area contributed by atoms with Crippen molar-refractivity contribution in [3.8, 4) is 0 Å². The maximum absolute atomic E-state index is 5.18. The van der Waals surface area contributed by atoms with Crippen molar-refractivity contribution in [2.75, 3.05) is 13.7 Å². The van der Waals surface area contributed by atoms with Gasteiger partial charge >= 0.3 is 0 Å². The molecule has 4 nitrogen and oxygen atoms in total. The first-order valence-corrected chi connectivity index (χ1v) is 4.75. The average Bonchev–Trinajstić information content (AvgIpc) is 2.10. The predicted octanol–water partition coefficient (Wildman–Crippen LogP) is 0.855. The first-order chi connectivity index (χ1) is 6.16. The monoisotopic (exact) mass is 187 g/mol. The molecule has 1 atom stereocenters. The highest BCUT2D eigenvalue weighted by Crippen LogP contribution is 2.05. The van der Waals surface area contributed by atoms with E-state index in [1.165, 1.54) is 6.42 Å². The van der Waals surface area contributed by atoms with Gasteiger partial charge in [-0.05, 0) is 19.8 Å². The van der Waals surface area contributed by atoms with E-state index in [0.717, 1.165) is 25.8 Å². The molecule has 0 aromatic rings. The number of guanidine groups is 1. The molecule has 0 rings (SSSR count). The first kappa shape index (κ1) is 12.2. The molecule has 0 bridgehead atoms. The minimum absolute atomic E-state index is 0.185. The van der Waals surface area contributed by atoms with Gasteiger partial charge in [-0.1, -0.05) is 12.8 Å². The molecule has 0 spiro atoms. The van der Waals surface area contributed by atoms with Crippen LogP contribution < -0.4 is 11.5 Å². The van der Waals surface area contributed by atoms with Crippen LogP contribution in [0.1, 0.15) is 32.6 Å². The van der Waals surface area contributed by atoms with Gasteiger partial charge in [0.25, 0.3) is 0 Å². The molecule has 0 saturated heterocycles. The number of nitrogens with zero attached hydrogens (tertiary/aromatic N) is 1. The lowest BCUT2D eigenvalue weighted by Gasteiger charge is -2.07. The van der Waals surface area contributed by atoms with Gasteiger partial charge in [-0.2, -0.15) is 0 Å². The van der Waals surface area contributed by atoms with Crippen molar-refractivity contribution in [2.24, 2.45) is 16.5 Å². The van der Waals surface area contributed by atoms with Gasteiger partial charge < -0.3 is 16.2 Å². The van der Waals surface area contributed by atoms with Gasteiger partial charge in [-0.3, -0.25) is 4.99 Å². The quantitative estimate of drug-likeness (QED) is 0.352. The highest BCUT2D eigenvalue weighted by Gasteiger charge is 1.97. The third-order valence-electron chi connectivity index (χ3n) is 1.97. The Kier molecular flexibility index (Phi) is 7.39. The topological polar surface area (TPSA) is 73.6 Å². The summed E-state index contributed by atoms with van der Waals surface area (Å²) in [6.07, 6.45) is 4.86. The van der Waals surface area contributed by atoms with Crippen LogP contribution in [0, 0.1) is 0 Å². The molecule has 78 valence electrons. The Balaban J connectivity index is 3.13. The largest absolute Gasteiger partial charge is 0.382 e. The summed E-state index contributed by atoms with van der Waals surface area (Å²) in [5.74, 6) is 0.185.